The van der Waals surface area contributed by atoms with Crippen molar-refractivity contribution in [3.05, 3.63) is 35.1 Å². The zero-order valence-corrected chi connectivity index (χ0v) is 13.8. The lowest BCUT2D eigenvalue weighted by molar-refractivity contribution is -0.154. The third kappa shape index (κ3) is 3.18. The lowest BCUT2D eigenvalue weighted by atomic mass is 10.0. The Labute approximate surface area is 139 Å². The first-order valence-electron chi connectivity index (χ1n) is 7.92. The van der Waals surface area contributed by atoms with Gasteiger partial charge in [-0.15, -0.1) is 0 Å². The predicted molar refractivity (Wildman–Crippen MR) is 86.3 cm³/mol. The minimum Gasteiger partial charge on any atom is -0.464 e. The molecule has 0 bridgehead atoms. The van der Waals surface area contributed by atoms with Crippen molar-refractivity contribution in [1.29, 1.82) is 0 Å². The van der Waals surface area contributed by atoms with Gasteiger partial charge in [0.15, 0.2) is 6.61 Å². The minimum absolute atomic E-state index is 0.0245. The number of imide groups is 1. The Hall–Kier alpha value is -2.63. The summed E-state index contributed by atoms with van der Waals surface area (Å²) >= 11 is 0. The number of rotatable bonds is 4. The standard InChI is InChI=1S/C18H19NO5/c1-11-6-14-13(9-23-15(14)7-12(11)2)8-18(22)24-10-17(21)19-5-3-4-16(19)20/h6-7,9H,3-5,8,10H2,1-2H3. The van der Waals surface area contributed by atoms with Gasteiger partial charge in [0, 0.05) is 23.9 Å². The molecule has 1 aliphatic heterocycles. The highest BCUT2D eigenvalue weighted by molar-refractivity contribution is 5.97. The van der Waals surface area contributed by atoms with E-state index in [-0.39, 0.29) is 12.3 Å². The summed E-state index contributed by atoms with van der Waals surface area (Å²) in [5.41, 5.74) is 3.68. The van der Waals surface area contributed by atoms with E-state index in [1.54, 1.807) is 0 Å². The maximum absolute atomic E-state index is 12.0. The molecule has 0 atom stereocenters. The number of fused-ring (bicyclic) bond motifs is 1. The first-order chi connectivity index (χ1) is 11.5. The van der Waals surface area contributed by atoms with Crippen LogP contribution >= 0.6 is 0 Å². The lowest BCUT2D eigenvalue weighted by Crippen LogP contribution is -2.35. The Kier molecular flexibility index (Phi) is 4.38. The van der Waals surface area contributed by atoms with Crippen LogP contribution in [0, 0.1) is 13.8 Å². The molecule has 1 fully saturated rings. The SMILES string of the molecule is Cc1cc2occ(CC(=O)OCC(=O)N3CCCC3=O)c2cc1C. The van der Waals surface area contributed by atoms with E-state index in [0.29, 0.717) is 19.4 Å². The molecule has 1 aromatic carbocycles. The van der Waals surface area contributed by atoms with Crippen LogP contribution in [0.25, 0.3) is 11.0 Å². The maximum Gasteiger partial charge on any atom is 0.310 e. The van der Waals surface area contributed by atoms with Crippen LogP contribution in [-0.2, 0) is 25.5 Å². The average Bonchev–Trinajstić information content (AvgIpc) is 3.13. The van der Waals surface area contributed by atoms with Crippen molar-refractivity contribution in [2.24, 2.45) is 0 Å². The molecule has 24 heavy (non-hydrogen) atoms. The molecule has 0 radical (unpaired) electrons. The Morgan fingerprint density at radius 1 is 1.25 bits per heavy atom. The minimum atomic E-state index is -0.518. The summed E-state index contributed by atoms with van der Waals surface area (Å²) in [5.74, 6) is -1.19. The summed E-state index contributed by atoms with van der Waals surface area (Å²) in [6.07, 6.45) is 2.60. The van der Waals surface area contributed by atoms with E-state index < -0.39 is 18.5 Å². The van der Waals surface area contributed by atoms with Crippen LogP contribution < -0.4 is 0 Å². The number of amides is 2. The summed E-state index contributed by atoms with van der Waals surface area (Å²) in [7, 11) is 0. The second-order valence-electron chi connectivity index (χ2n) is 6.07. The van der Waals surface area contributed by atoms with Crippen molar-refractivity contribution in [3.63, 3.8) is 0 Å². The molecule has 1 aliphatic rings. The topological polar surface area (TPSA) is 76.8 Å². The number of benzene rings is 1. The average molecular weight is 329 g/mol. The lowest BCUT2D eigenvalue weighted by Gasteiger charge is -2.13. The molecule has 2 amide bonds. The van der Waals surface area contributed by atoms with E-state index in [4.69, 9.17) is 9.15 Å². The van der Waals surface area contributed by atoms with Crippen molar-refractivity contribution in [2.75, 3.05) is 13.2 Å². The van der Waals surface area contributed by atoms with Gasteiger partial charge in [0.1, 0.15) is 5.58 Å². The summed E-state index contributed by atoms with van der Waals surface area (Å²) in [4.78, 5) is 36.5. The predicted octanol–water partition coefficient (Wildman–Crippen LogP) is 2.28. The Balaban J connectivity index is 1.62. The molecular formula is C18H19NO5. The van der Waals surface area contributed by atoms with Crippen molar-refractivity contribution in [3.8, 4) is 0 Å². The van der Waals surface area contributed by atoms with Gasteiger partial charge in [0.05, 0.1) is 12.7 Å². The fraction of sp³-hybridized carbons (Fsp3) is 0.389. The zero-order chi connectivity index (χ0) is 17.3. The zero-order valence-electron chi connectivity index (χ0n) is 13.8. The van der Waals surface area contributed by atoms with Crippen LogP contribution in [-0.4, -0.2) is 35.8 Å². The summed E-state index contributed by atoms with van der Waals surface area (Å²) < 4.78 is 10.5. The van der Waals surface area contributed by atoms with Crippen molar-refractivity contribution < 1.29 is 23.5 Å². The number of carbonyl (C=O) groups excluding carboxylic acids is 3. The number of nitrogens with zero attached hydrogens (tertiary/aromatic N) is 1. The molecule has 1 saturated heterocycles. The number of furan rings is 1. The number of likely N-dealkylation sites (tertiary alicyclic amines) is 1. The molecule has 3 rings (SSSR count). The van der Waals surface area contributed by atoms with Crippen LogP contribution in [0.1, 0.15) is 29.5 Å². The number of carbonyl (C=O) groups is 3. The third-order valence-corrected chi connectivity index (χ3v) is 4.34. The van der Waals surface area contributed by atoms with Gasteiger partial charge in [-0.25, -0.2) is 0 Å². The molecule has 2 heterocycles. The maximum atomic E-state index is 12.0. The molecule has 0 aliphatic carbocycles. The van der Waals surface area contributed by atoms with Crippen LogP contribution in [0.4, 0.5) is 0 Å². The summed E-state index contributed by atoms with van der Waals surface area (Å²) in [6, 6.07) is 3.91. The van der Waals surface area contributed by atoms with Crippen LogP contribution in [0.3, 0.4) is 0 Å². The summed E-state index contributed by atoms with van der Waals surface area (Å²) in [6.45, 7) is 3.99. The normalized spacial score (nSPS) is 14.4. The van der Waals surface area contributed by atoms with Crippen LogP contribution in [0.5, 0.6) is 0 Å². The second kappa shape index (κ2) is 6.47. The van der Waals surface area contributed by atoms with E-state index in [0.717, 1.165) is 32.6 Å². The molecule has 0 saturated carbocycles. The van der Waals surface area contributed by atoms with E-state index in [1.807, 2.05) is 26.0 Å². The van der Waals surface area contributed by atoms with Crippen molar-refractivity contribution in [1.82, 2.24) is 4.90 Å². The van der Waals surface area contributed by atoms with Gasteiger partial charge < -0.3 is 9.15 Å². The Morgan fingerprint density at radius 2 is 2.00 bits per heavy atom. The molecule has 2 aromatic rings. The molecule has 1 aromatic heterocycles. The van der Waals surface area contributed by atoms with Gasteiger partial charge in [0.2, 0.25) is 5.91 Å². The van der Waals surface area contributed by atoms with Gasteiger partial charge in [-0.3, -0.25) is 19.3 Å². The van der Waals surface area contributed by atoms with E-state index in [9.17, 15) is 14.4 Å². The van der Waals surface area contributed by atoms with Gasteiger partial charge in [-0.2, -0.15) is 0 Å². The number of hydrogen-bond acceptors (Lipinski definition) is 5. The van der Waals surface area contributed by atoms with Gasteiger partial charge in [-0.05, 0) is 43.5 Å². The molecular weight excluding hydrogens is 310 g/mol. The number of hydrogen-bond donors (Lipinski definition) is 0. The van der Waals surface area contributed by atoms with Crippen LogP contribution in [0.15, 0.2) is 22.8 Å². The number of aryl methyl sites for hydroxylation is 2. The molecule has 0 unspecified atom stereocenters. The Morgan fingerprint density at radius 3 is 2.71 bits per heavy atom. The van der Waals surface area contributed by atoms with Gasteiger partial charge >= 0.3 is 5.97 Å². The monoisotopic (exact) mass is 329 g/mol. The van der Waals surface area contributed by atoms with Gasteiger partial charge in [0.25, 0.3) is 5.91 Å². The quantitative estimate of drug-likeness (QED) is 0.804. The highest BCUT2D eigenvalue weighted by atomic mass is 16.5. The highest BCUT2D eigenvalue weighted by Crippen LogP contribution is 2.25. The van der Waals surface area contributed by atoms with E-state index >= 15 is 0 Å². The smallest absolute Gasteiger partial charge is 0.310 e. The number of esters is 1. The molecule has 0 N–H and O–H groups in total. The van der Waals surface area contributed by atoms with Gasteiger partial charge in [-0.1, -0.05) is 0 Å². The second-order valence-corrected chi connectivity index (χ2v) is 6.07. The largest absolute Gasteiger partial charge is 0.464 e. The van der Waals surface area contributed by atoms with Crippen LogP contribution in [0.2, 0.25) is 0 Å². The Bertz CT molecular complexity index is 820. The molecule has 126 valence electrons. The van der Waals surface area contributed by atoms with E-state index in [2.05, 4.69) is 0 Å². The fourth-order valence-electron chi connectivity index (χ4n) is 2.81. The first-order valence-corrected chi connectivity index (χ1v) is 7.92. The number of ether oxygens (including phenoxy) is 1. The molecule has 6 heteroatoms. The summed E-state index contributed by atoms with van der Waals surface area (Å²) in [5, 5.41) is 0.871. The highest BCUT2D eigenvalue weighted by Gasteiger charge is 2.27. The molecule has 6 nitrogen and oxygen atoms in total. The first kappa shape index (κ1) is 16.2. The fourth-order valence-corrected chi connectivity index (χ4v) is 2.81. The third-order valence-electron chi connectivity index (χ3n) is 4.34. The van der Waals surface area contributed by atoms with E-state index in [1.165, 1.54) is 6.26 Å². The molecule has 0 spiro atoms. The van der Waals surface area contributed by atoms with Crippen molar-refractivity contribution >= 4 is 28.8 Å². The van der Waals surface area contributed by atoms with Crippen molar-refractivity contribution in [2.45, 2.75) is 33.1 Å².